The number of oxazole rings is 1. The third kappa shape index (κ3) is 6.60. The van der Waals surface area contributed by atoms with E-state index in [1.54, 1.807) is 17.0 Å². The molecule has 0 saturated carbocycles. The van der Waals surface area contributed by atoms with E-state index in [2.05, 4.69) is 33.9 Å². The number of piperidine rings is 1. The molecule has 2 fully saturated rings. The molecule has 1 amide bonds. The zero-order chi connectivity index (χ0) is 30.0. The van der Waals surface area contributed by atoms with Gasteiger partial charge in [-0.25, -0.2) is 4.98 Å². The number of aromatic nitrogens is 2. The maximum atomic E-state index is 13.7. The van der Waals surface area contributed by atoms with E-state index in [9.17, 15) is 22.8 Å². The van der Waals surface area contributed by atoms with E-state index in [0.717, 1.165) is 36.0 Å². The minimum Gasteiger partial charge on any atom is -0.420 e. The number of halogens is 3. The third-order valence-corrected chi connectivity index (χ3v) is 8.06. The van der Waals surface area contributed by atoms with Crippen molar-refractivity contribution in [1.29, 1.82) is 0 Å². The first-order chi connectivity index (χ1) is 20.0. The quantitative estimate of drug-likeness (QED) is 0.348. The molecule has 0 N–H and O–H groups in total. The Kier molecular flexibility index (Phi) is 8.56. The molecule has 0 radical (unpaired) electrons. The number of piperazine rings is 1. The summed E-state index contributed by atoms with van der Waals surface area (Å²) in [5, 5.41) is 0. The van der Waals surface area contributed by atoms with Crippen molar-refractivity contribution in [3.8, 4) is 0 Å². The van der Waals surface area contributed by atoms with Gasteiger partial charge in [0.1, 0.15) is 5.82 Å². The van der Waals surface area contributed by atoms with E-state index in [-0.39, 0.29) is 18.3 Å². The fourth-order valence-electron chi connectivity index (χ4n) is 5.82. The molecule has 3 aromatic rings. The zero-order valence-corrected chi connectivity index (χ0v) is 24.3. The van der Waals surface area contributed by atoms with Gasteiger partial charge in [0.25, 0.3) is 6.01 Å². The van der Waals surface area contributed by atoms with Crippen LogP contribution in [0.3, 0.4) is 0 Å². The second-order valence-electron chi connectivity index (χ2n) is 11.3. The van der Waals surface area contributed by atoms with Gasteiger partial charge >= 0.3 is 6.18 Å². The largest absolute Gasteiger partial charge is 0.437 e. The molecule has 224 valence electrons. The maximum Gasteiger partial charge on any atom is 0.437 e. The van der Waals surface area contributed by atoms with Crippen LogP contribution in [0.15, 0.2) is 34.9 Å². The molecule has 4 heterocycles. The van der Waals surface area contributed by atoms with Gasteiger partial charge < -0.3 is 19.1 Å². The van der Waals surface area contributed by atoms with Crippen LogP contribution in [0.1, 0.15) is 63.3 Å². The van der Waals surface area contributed by atoms with Gasteiger partial charge in [0.2, 0.25) is 17.5 Å². The lowest BCUT2D eigenvalue weighted by molar-refractivity contribution is -0.141. The van der Waals surface area contributed by atoms with Gasteiger partial charge in [-0.3, -0.25) is 9.59 Å². The van der Waals surface area contributed by atoms with Crippen LogP contribution in [0, 0.1) is 20.8 Å². The summed E-state index contributed by atoms with van der Waals surface area (Å²) in [6.45, 7) is 9.57. The van der Waals surface area contributed by atoms with Crippen LogP contribution in [-0.2, 0) is 23.8 Å². The highest BCUT2D eigenvalue weighted by molar-refractivity contribution is 5.96. The summed E-state index contributed by atoms with van der Waals surface area (Å²) in [6.07, 6.45) is -0.536. The van der Waals surface area contributed by atoms with Crippen LogP contribution in [0.5, 0.6) is 0 Å². The predicted molar refractivity (Wildman–Crippen MR) is 153 cm³/mol. The molecule has 0 spiro atoms. The summed E-state index contributed by atoms with van der Waals surface area (Å²) in [7, 11) is 0. The first kappa shape index (κ1) is 29.6. The SMILES string of the molecule is Cc1cc(C)c(CC(=O)N2CCN(c3ccc(CC(=O)c4oc(N5CCCCC5)nc4C(F)(F)F)cn3)CC2)c(C)c1. The Morgan fingerprint density at radius 2 is 1.55 bits per heavy atom. The Labute approximate surface area is 243 Å². The molecular weight excluding hydrogens is 547 g/mol. The van der Waals surface area contributed by atoms with Crippen molar-refractivity contribution in [3.63, 3.8) is 0 Å². The third-order valence-electron chi connectivity index (χ3n) is 8.06. The Morgan fingerprint density at radius 3 is 2.14 bits per heavy atom. The van der Waals surface area contributed by atoms with Crippen molar-refractivity contribution in [2.45, 2.75) is 59.1 Å². The highest BCUT2D eigenvalue weighted by atomic mass is 19.4. The number of anilines is 2. The molecule has 0 atom stereocenters. The second kappa shape index (κ2) is 12.1. The van der Waals surface area contributed by atoms with Crippen LogP contribution < -0.4 is 9.80 Å². The molecule has 11 heteroatoms. The molecule has 2 saturated heterocycles. The number of amides is 1. The standard InChI is InChI=1S/C31H36F3N5O3/c1-20-15-21(2)24(22(3)16-20)18-27(41)38-13-11-37(12-14-38)26-8-7-23(19-35-26)17-25(40)28-29(31(32,33)34)36-30(42-28)39-9-5-4-6-10-39/h7-8,15-16,19H,4-6,9-14,17-18H2,1-3H3. The lowest BCUT2D eigenvalue weighted by Gasteiger charge is -2.35. The number of alkyl halides is 3. The van der Waals surface area contributed by atoms with E-state index < -0.39 is 23.4 Å². The fraction of sp³-hybridized carbons (Fsp3) is 0.484. The van der Waals surface area contributed by atoms with Gasteiger partial charge in [0.15, 0.2) is 5.69 Å². The summed E-state index contributed by atoms with van der Waals surface area (Å²) in [5.74, 6) is -0.769. The minimum absolute atomic E-state index is 0.0978. The molecule has 0 bridgehead atoms. The van der Waals surface area contributed by atoms with Crippen LogP contribution in [0.25, 0.3) is 0 Å². The molecule has 2 aliphatic heterocycles. The maximum absolute atomic E-state index is 13.7. The average Bonchev–Trinajstić information content (AvgIpc) is 3.43. The highest BCUT2D eigenvalue weighted by Gasteiger charge is 2.41. The number of nitrogens with zero attached hydrogens (tertiary/aromatic N) is 5. The van der Waals surface area contributed by atoms with Gasteiger partial charge in [-0.2, -0.15) is 18.2 Å². The van der Waals surface area contributed by atoms with Crippen molar-refractivity contribution in [2.24, 2.45) is 0 Å². The van der Waals surface area contributed by atoms with E-state index in [0.29, 0.717) is 57.1 Å². The van der Waals surface area contributed by atoms with Crippen LogP contribution >= 0.6 is 0 Å². The average molecular weight is 584 g/mol. The molecule has 1 aromatic carbocycles. The summed E-state index contributed by atoms with van der Waals surface area (Å²) >= 11 is 0. The van der Waals surface area contributed by atoms with Crippen molar-refractivity contribution in [1.82, 2.24) is 14.9 Å². The molecule has 42 heavy (non-hydrogen) atoms. The monoisotopic (exact) mass is 583 g/mol. The topological polar surface area (TPSA) is 82.8 Å². The van der Waals surface area contributed by atoms with Crippen molar-refractivity contribution in [2.75, 3.05) is 49.1 Å². The number of aryl methyl sites for hydroxylation is 3. The lowest BCUT2D eigenvalue weighted by Crippen LogP contribution is -2.49. The first-order valence-electron chi connectivity index (χ1n) is 14.4. The molecule has 8 nitrogen and oxygen atoms in total. The number of ketones is 1. The second-order valence-corrected chi connectivity index (χ2v) is 11.3. The zero-order valence-electron chi connectivity index (χ0n) is 24.3. The number of hydrogen-bond donors (Lipinski definition) is 0. The summed E-state index contributed by atoms with van der Waals surface area (Å²) in [6, 6.07) is 7.49. The van der Waals surface area contributed by atoms with Crippen LogP contribution in [-0.4, -0.2) is 65.8 Å². The summed E-state index contributed by atoms with van der Waals surface area (Å²) < 4.78 is 46.5. The number of carbonyl (C=O) groups is 2. The number of pyridine rings is 1. The van der Waals surface area contributed by atoms with Crippen LogP contribution in [0.4, 0.5) is 25.0 Å². The van der Waals surface area contributed by atoms with Crippen molar-refractivity contribution in [3.05, 3.63) is 69.7 Å². The molecule has 0 unspecified atom stereocenters. The highest BCUT2D eigenvalue weighted by Crippen LogP contribution is 2.35. The number of carbonyl (C=O) groups excluding carboxylic acids is 2. The number of hydrogen-bond acceptors (Lipinski definition) is 7. The van der Waals surface area contributed by atoms with Crippen molar-refractivity contribution < 1.29 is 27.2 Å². The van der Waals surface area contributed by atoms with Gasteiger partial charge in [-0.15, -0.1) is 0 Å². The van der Waals surface area contributed by atoms with Crippen LogP contribution in [0.2, 0.25) is 0 Å². The van der Waals surface area contributed by atoms with E-state index in [1.165, 1.54) is 11.8 Å². The van der Waals surface area contributed by atoms with Gasteiger partial charge in [0, 0.05) is 51.9 Å². The molecule has 2 aromatic heterocycles. The Morgan fingerprint density at radius 1 is 0.881 bits per heavy atom. The van der Waals surface area contributed by atoms with E-state index >= 15 is 0 Å². The van der Waals surface area contributed by atoms with Gasteiger partial charge in [-0.1, -0.05) is 23.8 Å². The lowest BCUT2D eigenvalue weighted by atomic mass is 9.97. The smallest absolute Gasteiger partial charge is 0.420 e. The van der Waals surface area contributed by atoms with Gasteiger partial charge in [0.05, 0.1) is 6.42 Å². The van der Waals surface area contributed by atoms with E-state index in [1.807, 2.05) is 18.7 Å². The van der Waals surface area contributed by atoms with Gasteiger partial charge in [-0.05, 0) is 68.4 Å². The molecule has 5 rings (SSSR count). The normalized spacial score (nSPS) is 16.2. The first-order valence-corrected chi connectivity index (χ1v) is 14.4. The number of Topliss-reactive ketones (excluding diaryl/α,β-unsaturated/α-hetero) is 1. The van der Waals surface area contributed by atoms with E-state index in [4.69, 9.17) is 4.42 Å². The predicted octanol–water partition coefficient (Wildman–Crippen LogP) is 5.32. The Bertz CT molecular complexity index is 1410. The minimum atomic E-state index is -4.80. The Balaban J connectivity index is 1.19. The molecular formula is C31H36F3N5O3. The number of rotatable bonds is 7. The number of benzene rings is 1. The fourth-order valence-corrected chi connectivity index (χ4v) is 5.82. The summed E-state index contributed by atoms with van der Waals surface area (Å²) in [5.41, 5.74) is 3.72. The Hall–Kier alpha value is -3.89. The molecule has 2 aliphatic rings. The van der Waals surface area contributed by atoms with Crippen molar-refractivity contribution >= 4 is 23.5 Å². The summed E-state index contributed by atoms with van der Waals surface area (Å²) in [4.78, 5) is 39.6. The molecule has 0 aliphatic carbocycles.